The van der Waals surface area contributed by atoms with Gasteiger partial charge in [0.1, 0.15) is 17.4 Å². The molecule has 0 aliphatic rings. The molecule has 0 aromatic heterocycles. The van der Waals surface area contributed by atoms with Crippen LogP contribution in [-0.4, -0.2) is 24.5 Å². The molecule has 0 atom stereocenters. The van der Waals surface area contributed by atoms with E-state index in [1.165, 1.54) is 6.92 Å². The van der Waals surface area contributed by atoms with Gasteiger partial charge in [-0.1, -0.05) is 11.6 Å². The Morgan fingerprint density at radius 3 is 2.07 bits per heavy atom. The summed E-state index contributed by atoms with van der Waals surface area (Å²) < 4.78 is 121. The summed E-state index contributed by atoms with van der Waals surface area (Å²) in [7, 11) is 0. The summed E-state index contributed by atoms with van der Waals surface area (Å²) in [6.07, 6.45) is -13.7. The minimum atomic E-state index is -4.96. The van der Waals surface area contributed by atoms with Crippen molar-refractivity contribution < 1.29 is 44.3 Å². The van der Waals surface area contributed by atoms with Crippen LogP contribution in [0.1, 0.15) is 5.56 Å². The van der Waals surface area contributed by atoms with E-state index in [0.717, 1.165) is 12.1 Å². The molecule has 0 saturated carbocycles. The Hall–Kier alpha value is -1.75. The molecule has 12 heteroatoms. The molecule has 2 aromatic rings. The topological polar surface area (TPSA) is 9.23 Å². The Bertz CT molecular complexity index is 899. The molecule has 0 aliphatic carbocycles. The van der Waals surface area contributed by atoms with E-state index in [1.54, 1.807) is 0 Å². The van der Waals surface area contributed by atoms with Gasteiger partial charge in [0.15, 0.2) is 0 Å². The number of thioether (sulfide) groups is 1. The van der Waals surface area contributed by atoms with E-state index in [0.29, 0.717) is 23.9 Å². The van der Waals surface area contributed by atoms with Gasteiger partial charge >= 0.3 is 18.7 Å². The maximum atomic E-state index is 14.3. The lowest BCUT2D eigenvalue weighted by Crippen LogP contribution is -2.33. The van der Waals surface area contributed by atoms with Gasteiger partial charge in [-0.2, -0.15) is 30.7 Å². The van der Waals surface area contributed by atoms with Gasteiger partial charge in [0.25, 0.3) is 0 Å². The van der Waals surface area contributed by atoms with Crippen molar-refractivity contribution in [2.75, 3.05) is 5.75 Å². The van der Waals surface area contributed by atoms with Crippen LogP contribution in [0.25, 0.3) is 11.1 Å². The zero-order valence-corrected chi connectivity index (χ0v) is 15.8. The van der Waals surface area contributed by atoms with Crippen molar-refractivity contribution in [1.29, 1.82) is 0 Å². The van der Waals surface area contributed by atoms with Crippen LogP contribution in [-0.2, 0) is 0 Å². The summed E-state index contributed by atoms with van der Waals surface area (Å²) in [6, 6.07) is 2.63. The normalized spacial score (nSPS) is 12.6. The number of hydrogen-bond donors (Lipinski definition) is 0. The molecule has 0 fully saturated rings. The van der Waals surface area contributed by atoms with Crippen molar-refractivity contribution in [3.8, 4) is 16.9 Å². The van der Waals surface area contributed by atoms with Crippen LogP contribution in [0.4, 0.5) is 39.5 Å². The monoisotopic (exact) mass is 468 g/mol. The molecule has 0 heterocycles. The Balaban J connectivity index is 2.52. The Labute approximate surface area is 167 Å². The van der Waals surface area contributed by atoms with Gasteiger partial charge in [-0.25, -0.2) is 8.78 Å². The summed E-state index contributed by atoms with van der Waals surface area (Å²) in [4.78, 5) is -0.0477. The van der Waals surface area contributed by atoms with Crippen molar-refractivity contribution in [1.82, 2.24) is 0 Å². The lowest BCUT2D eigenvalue weighted by atomic mass is 10.0. The first-order valence-electron chi connectivity index (χ1n) is 7.55. The zero-order chi connectivity index (χ0) is 22.1. The predicted octanol–water partition coefficient (Wildman–Crippen LogP) is 7.48. The Morgan fingerprint density at radius 1 is 0.966 bits per heavy atom. The number of rotatable bonds is 6. The average Bonchev–Trinajstić information content (AvgIpc) is 2.56. The Morgan fingerprint density at radius 2 is 1.52 bits per heavy atom. The fourth-order valence-electron chi connectivity index (χ4n) is 2.18. The highest BCUT2D eigenvalue weighted by atomic mass is 35.5. The summed E-state index contributed by atoms with van der Waals surface area (Å²) in [5.74, 6) is -4.67. The van der Waals surface area contributed by atoms with Crippen molar-refractivity contribution >= 4 is 23.4 Å². The molecule has 0 bridgehead atoms. The molecule has 2 aromatic carbocycles. The molecule has 0 spiro atoms. The predicted molar refractivity (Wildman–Crippen MR) is 89.9 cm³/mol. The van der Waals surface area contributed by atoms with Crippen molar-refractivity contribution in [2.45, 2.75) is 30.5 Å². The molecule has 0 saturated heterocycles. The van der Waals surface area contributed by atoms with E-state index in [4.69, 9.17) is 11.6 Å². The fourth-order valence-corrected chi connectivity index (χ4v) is 3.18. The molecule has 29 heavy (non-hydrogen) atoms. The van der Waals surface area contributed by atoms with Crippen LogP contribution in [0.15, 0.2) is 29.2 Å². The SMILES string of the molecule is Cc1cc(F)c(-c2cc(OC(F)(F)C(F)F)c(Cl)cc2F)cc1SCC(F)(F)F. The second-order valence-corrected chi connectivity index (χ2v) is 7.15. The van der Waals surface area contributed by atoms with Crippen molar-refractivity contribution in [3.63, 3.8) is 0 Å². The van der Waals surface area contributed by atoms with E-state index >= 15 is 0 Å². The van der Waals surface area contributed by atoms with Gasteiger partial charge < -0.3 is 4.74 Å². The molecule has 160 valence electrons. The van der Waals surface area contributed by atoms with E-state index in [2.05, 4.69) is 4.74 Å². The van der Waals surface area contributed by atoms with Gasteiger partial charge in [0, 0.05) is 16.0 Å². The third kappa shape index (κ3) is 5.88. The highest BCUT2D eigenvalue weighted by molar-refractivity contribution is 7.99. The maximum Gasteiger partial charge on any atom is 0.461 e. The number of ether oxygens (including phenoxy) is 1. The van der Waals surface area contributed by atoms with Gasteiger partial charge in [-0.15, -0.1) is 11.8 Å². The highest BCUT2D eigenvalue weighted by Gasteiger charge is 2.44. The van der Waals surface area contributed by atoms with Crippen LogP contribution in [0, 0.1) is 18.6 Å². The second kappa shape index (κ2) is 8.55. The number of alkyl halides is 7. The molecule has 0 unspecified atom stereocenters. The third-order valence-electron chi connectivity index (χ3n) is 3.47. The van der Waals surface area contributed by atoms with E-state index in [9.17, 15) is 39.5 Å². The Kier molecular flexibility index (Phi) is 6.93. The van der Waals surface area contributed by atoms with Crippen LogP contribution < -0.4 is 4.74 Å². The first kappa shape index (κ1) is 23.5. The smallest absolute Gasteiger partial charge is 0.427 e. The molecular formula is C17H10ClF9OS. The first-order chi connectivity index (χ1) is 13.2. The fraction of sp³-hybridized carbons (Fsp3) is 0.294. The number of hydrogen-bond acceptors (Lipinski definition) is 2. The molecular weight excluding hydrogens is 459 g/mol. The molecule has 0 radical (unpaired) electrons. The summed E-state index contributed by atoms with van der Waals surface area (Å²) in [5, 5.41) is -0.786. The van der Waals surface area contributed by atoms with Crippen LogP contribution in [0.3, 0.4) is 0 Å². The number of aryl methyl sites for hydroxylation is 1. The zero-order valence-electron chi connectivity index (χ0n) is 14.2. The molecule has 0 aliphatic heterocycles. The van der Waals surface area contributed by atoms with Gasteiger partial charge in [0.05, 0.1) is 10.8 Å². The quantitative estimate of drug-likeness (QED) is 0.321. The van der Waals surface area contributed by atoms with Crippen molar-refractivity contribution in [3.05, 3.63) is 46.5 Å². The largest absolute Gasteiger partial charge is 0.461 e. The third-order valence-corrected chi connectivity index (χ3v) is 4.99. The summed E-state index contributed by atoms with van der Waals surface area (Å²) in [6.45, 7) is 1.32. The van der Waals surface area contributed by atoms with E-state index in [1.807, 2.05) is 0 Å². The molecule has 2 rings (SSSR count). The van der Waals surface area contributed by atoms with E-state index in [-0.39, 0.29) is 10.5 Å². The van der Waals surface area contributed by atoms with Crippen LogP contribution in [0.2, 0.25) is 5.02 Å². The number of benzene rings is 2. The van der Waals surface area contributed by atoms with E-state index < -0.39 is 58.0 Å². The average molecular weight is 469 g/mol. The van der Waals surface area contributed by atoms with Gasteiger partial charge in [-0.05, 0) is 36.8 Å². The maximum absolute atomic E-state index is 14.3. The molecule has 1 nitrogen and oxygen atoms in total. The molecule has 0 amide bonds. The lowest BCUT2D eigenvalue weighted by Gasteiger charge is -2.19. The lowest BCUT2D eigenvalue weighted by molar-refractivity contribution is -0.253. The molecule has 0 N–H and O–H groups in total. The minimum absolute atomic E-state index is 0.0477. The van der Waals surface area contributed by atoms with Crippen molar-refractivity contribution in [2.24, 2.45) is 0 Å². The standard InChI is InChI=1S/C17H10ClF9OS/c1-7-2-11(19)9(4-14(7)29-6-16(23,24)25)8-3-13(10(18)5-12(8)20)28-17(26,27)15(21)22/h2-5,15H,6H2,1H3. The second-order valence-electron chi connectivity index (χ2n) is 5.73. The van der Waals surface area contributed by atoms with Gasteiger partial charge in [-0.3, -0.25) is 0 Å². The minimum Gasteiger partial charge on any atom is -0.427 e. The first-order valence-corrected chi connectivity index (χ1v) is 8.91. The summed E-state index contributed by atoms with van der Waals surface area (Å²) >= 11 is 5.84. The highest BCUT2D eigenvalue weighted by Crippen LogP contribution is 2.40. The summed E-state index contributed by atoms with van der Waals surface area (Å²) in [5.41, 5.74) is -1.17. The number of halogens is 10. The van der Waals surface area contributed by atoms with Crippen LogP contribution in [0.5, 0.6) is 5.75 Å². The van der Waals surface area contributed by atoms with Crippen LogP contribution >= 0.6 is 23.4 Å². The van der Waals surface area contributed by atoms with Gasteiger partial charge in [0.2, 0.25) is 0 Å².